The van der Waals surface area contributed by atoms with E-state index in [9.17, 15) is 14.0 Å². The van der Waals surface area contributed by atoms with Crippen LogP contribution in [0.5, 0.6) is 0 Å². The summed E-state index contributed by atoms with van der Waals surface area (Å²) in [6.07, 6.45) is 8.80. The smallest absolute Gasteiger partial charge is 0.317 e. The van der Waals surface area contributed by atoms with Crippen LogP contribution in [0.2, 0.25) is 0 Å². The molecular formula is C21H30FN3O2. The topological polar surface area (TPSA) is 52.7 Å². The number of nitrogens with one attached hydrogen (secondary N) is 1. The number of anilines is 1. The number of nitrogens with zero attached hydrogens (tertiary/aromatic N) is 2. The molecule has 1 aliphatic heterocycles. The minimum atomic E-state index is -0.244. The molecule has 1 N–H and O–H groups in total. The van der Waals surface area contributed by atoms with E-state index in [1.54, 1.807) is 12.1 Å². The number of amides is 2. The van der Waals surface area contributed by atoms with E-state index in [0.29, 0.717) is 19.5 Å². The lowest BCUT2D eigenvalue weighted by molar-refractivity contribution is -0.108. The predicted molar refractivity (Wildman–Crippen MR) is 104 cm³/mol. The highest BCUT2D eigenvalue weighted by molar-refractivity contribution is 5.75. The van der Waals surface area contributed by atoms with E-state index in [2.05, 4.69) is 10.2 Å². The molecule has 1 unspecified atom stereocenters. The molecule has 148 valence electrons. The van der Waals surface area contributed by atoms with Crippen molar-refractivity contribution in [1.29, 1.82) is 0 Å². The number of aldehydes is 1. The molecule has 1 saturated carbocycles. The maximum atomic E-state index is 13.2. The fraction of sp³-hybridized carbons (Fsp3) is 0.619. The number of benzene rings is 1. The van der Waals surface area contributed by atoms with Crippen molar-refractivity contribution in [2.24, 2.45) is 0 Å². The molecule has 27 heavy (non-hydrogen) atoms. The first-order valence-corrected chi connectivity index (χ1v) is 10.2. The van der Waals surface area contributed by atoms with Gasteiger partial charge < -0.3 is 19.9 Å². The summed E-state index contributed by atoms with van der Waals surface area (Å²) in [6.45, 7) is 2.08. The molecule has 2 amide bonds. The molecule has 2 fully saturated rings. The molecule has 1 aromatic rings. The minimum Gasteiger partial charge on any atom is -0.368 e. The number of halogens is 1. The first kappa shape index (κ1) is 19.6. The van der Waals surface area contributed by atoms with Gasteiger partial charge in [0.25, 0.3) is 0 Å². The van der Waals surface area contributed by atoms with Crippen LogP contribution in [0.4, 0.5) is 14.9 Å². The quantitative estimate of drug-likeness (QED) is 0.609. The molecule has 0 spiro atoms. The summed E-state index contributed by atoms with van der Waals surface area (Å²) < 4.78 is 13.2. The van der Waals surface area contributed by atoms with Crippen molar-refractivity contribution in [1.82, 2.24) is 10.2 Å². The summed E-state index contributed by atoms with van der Waals surface area (Å²) in [4.78, 5) is 27.7. The predicted octanol–water partition coefficient (Wildman–Crippen LogP) is 3.73. The molecule has 0 aromatic heterocycles. The summed E-state index contributed by atoms with van der Waals surface area (Å²) in [7, 11) is 0. The second-order valence-electron chi connectivity index (χ2n) is 7.65. The Morgan fingerprint density at radius 3 is 2.59 bits per heavy atom. The zero-order valence-corrected chi connectivity index (χ0v) is 15.9. The van der Waals surface area contributed by atoms with Gasteiger partial charge in [-0.3, -0.25) is 0 Å². The van der Waals surface area contributed by atoms with Crippen molar-refractivity contribution in [3.63, 3.8) is 0 Å². The van der Waals surface area contributed by atoms with Crippen LogP contribution < -0.4 is 10.2 Å². The molecule has 1 saturated heterocycles. The van der Waals surface area contributed by atoms with Gasteiger partial charge in [-0.2, -0.15) is 0 Å². The number of hydrogen-bond donors (Lipinski definition) is 1. The van der Waals surface area contributed by atoms with Crippen LogP contribution in [0.25, 0.3) is 0 Å². The van der Waals surface area contributed by atoms with Crippen molar-refractivity contribution in [2.45, 2.75) is 63.5 Å². The summed E-state index contributed by atoms with van der Waals surface area (Å²) in [6, 6.07) is 6.89. The lowest BCUT2D eigenvalue weighted by Crippen LogP contribution is -2.59. The van der Waals surface area contributed by atoms with Crippen LogP contribution >= 0.6 is 0 Å². The largest absolute Gasteiger partial charge is 0.368 e. The zero-order valence-electron chi connectivity index (χ0n) is 15.9. The number of carbonyl (C=O) groups is 2. The Bertz CT molecular complexity index is 616. The second kappa shape index (κ2) is 9.72. The summed E-state index contributed by atoms with van der Waals surface area (Å²) in [5.74, 6) is -0.244. The third kappa shape index (κ3) is 5.44. The fourth-order valence-corrected chi connectivity index (χ4v) is 4.20. The summed E-state index contributed by atoms with van der Waals surface area (Å²) in [5, 5.41) is 3.22. The zero-order chi connectivity index (χ0) is 19.1. The van der Waals surface area contributed by atoms with Gasteiger partial charge in [0.2, 0.25) is 0 Å². The highest BCUT2D eigenvalue weighted by atomic mass is 19.1. The van der Waals surface area contributed by atoms with Crippen LogP contribution in [-0.2, 0) is 4.79 Å². The molecule has 1 aromatic carbocycles. The van der Waals surface area contributed by atoms with E-state index in [1.165, 1.54) is 31.4 Å². The molecule has 0 radical (unpaired) electrons. The van der Waals surface area contributed by atoms with Gasteiger partial charge in [0.15, 0.2) is 0 Å². The van der Waals surface area contributed by atoms with Crippen LogP contribution in [0.3, 0.4) is 0 Å². The standard InChI is InChI=1S/C21H30FN3O2/c22-17-9-11-19(12-10-17)24-13-14-25(20(16-24)8-4-5-15-26)21(27)23-18-6-2-1-3-7-18/h9-12,15,18,20H,1-8,13-14,16H2,(H,23,27). The van der Waals surface area contributed by atoms with E-state index in [0.717, 1.165) is 44.2 Å². The van der Waals surface area contributed by atoms with E-state index < -0.39 is 0 Å². The Kier molecular flexibility index (Phi) is 7.07. The Labute approximate surface area is 160 Å². The van der Waals surface area contributed by atoms with E-state index >= 15 is 0 Å². The Balaban J connectivity index is 1.64. The van der Waals surface area contributed by atoms with Gasteiger partial charge in [0.05, 0.1) is 6.04 Å². The normalized spacial score (nSPS) is 21.1. The minimum absolute atomic E-state index is 0.0248. The monoisotopic (exact) mass is 375 g/mol. The van der Waals surface area contributed by atoms with E-state index in [1.807, 2.05) is 4.90 Å². The highest BCUT2D eigenvalue weighted by Gasteiger charge is 2.31. The summed E-state index contributed by atoms with van der Waals surface area (Å²) in [5.41, 5.74) is 0.976. The van der Waals surface area contributed by atoms with Gasteiger partial charge in [-0.05, 0) is 49.9 Å². The average Bonchev–Trinajstić information content (AvgIpc) is 2.69. The van der Waals surface area contributed by atoms with Crippen molar-refractivity contribution >= 4 is 18.0 Å². The van der Waals surface area contributed by atoms with Crippen molar-refractivity contribution in [3.05, 3.63) is 30.1 Å². The van der Waals surface area contributed by atoms with Gasteiger partial charge in [-0.15, -0.1) is 0 Å². The second-order valence-corrected chi connectivity index (χ2v) is 7.65. The van der Waals surface area contributed by atoms with Crippen molar-refractivity contribution in [3.8, 4) is 0 Å². The lowest BCUT2D eigenvalue weighted by Gasteiger charge is -2.43. The van der Waals surface area contributed by atoms with E-state index in [-0.39, 0.29) is 23.9 Å². The molecular weight excluding hydrogens is 345 g/mol. The summed E-state index contributed by atoms with van der Waals surface area (Å²) >= 11 is 0. The van der Waals surface area contributed by atoms with Crippen molar-refractivity contribution in [2.75, 3.05) is 24.5 Å². The van der Waals surface area contributed by atoms with E-state index in [4.69, 9.17) is 0 Å². The molecule has 0 bridgehead atoms. The number of carbonyl (C=O) groups excluding carboxylic acids is 2. The fourth-order valence-electron chi connectivity index (χ4n) is 4.20. The molecule has 1 atom stereocenters. The highest BCUT2D eigenvalue weighted by Crippen LogP contribution is 2.23. The first-order valence-electron chi connectivity index (χ1n) is 10.2. The van der Waals surface area contributed by atoms with Crippen LogP contribution in [0.15, 0.2) is 24.3 Å². The number of piperazine rings is 1. The molecule has 6 heteroatoms. The van der Waals surface area contributed by atoms with Gasteiger partial charge in [-0.25, -0.2) is 9.18 Å². The van der Waals surface area contributed by atoms with Crippen LogP contribution in [-0.4, -0.2) is 48.9 Å². The maximum absolute atomic E-state index is 13.2. The van der Waals surface area contributed by atoms with Crippen LogP contribution in [0.1, 0.15) is 51.4 Å². The number of rotatable bonds is 6. The number of unbranched alkanes of at least 4 members (excludes halogenated alkanes) is 1. The Morgan fingerprint density at radius 1 is 1.15 bits per heavy atom. The van der Waals surface area contributed by atoms with Crippen molar-refractivity contribution < 1.29 is 14.0 Å². The molecule has 2 aliphatic rings. The number of urea groups is 1. The SMILES string of the molecule is O=CCCCC1CN(c2ccc(F)cc2)CCN1C(=O)NC1CCCCC1. The van der Waals surface area contributed by atoms with Gasteiger partial charge >= 0.3 is 6.03 Å². The number of hydrogen-bond acceptors (Lipinski definition) is 3. The van der Waals surface area contributed by atoms with Crippen LogP contribution in [0, 0.1) is 5.82 Å². The average molecular weight is 375 g/mol. The van der Waals surface area contributed by atoms with Gasteiger partial charge in [0.1, 0.15) is 12.1 Å². The Morgan fingerprint density at radius 2 is 1.89 bits per heavy atom. The first-order chi connectivity index (χ1) is 13.2. The maximum Gasteiger partial charge on any atom is 0.317 e. The molecule has 1 aliphatic carbocycles. The third-order valence-corrected chi connectivity index (χ3v) is 5.73. The third-order valence-electron chi connectivity index (χ3n) is 5.73. The molecule has 1 heterocycles. The Hall–Kier alpha value is -2.11. The van der Waals surface area contributed by atoms with Gasteiger partial charge in [0, 0.05) is 37.8 Å². The molecule has 5 nitrogen and oxygen atoms in total. The lowest BCUT2D eigenvalue weighted by atomic mass is 9.95. The molecule has 3 rings (SSSR count). The van der Waals surface area contributed by atoms with Gasteiger partial charge in [-0.1, -0.05) is 19.3 Å².